The van der Waals surface area contributed by atoms with Crippen LogP contribution in [0, 0.1) is 6.92 Å². The van der Waals surface area contributed by atoms with Crippen molar-refractivity contribution in [3.8, 4) is 16.5 Å². The smallest absolute Gasteiger partial charge is 0.333 e. The van der Waals surface area contributed by atoms with E-state index in [9.17, 15) is 19.5 Å². The van der Waals surface area contributed by atoms with E-state index in [1.165, 1.54) is 52.6 Å². The lowest BCUT2D eigenvalue weighted by atomic mass is 9.94. The van der Waals surface area contributed by atoms with Gasteiger partial charge in [-0.2, -0.15) is 0 Å². The molecule has 0 aliphatic heterocycles. The van der Waals surface area contributed by atoms with Crippen molar-refractivity contribution in [2.75, 3.05) is 7.11 Å². The van der Waals surface area contributed by atoms with Crippen LogP contribution in [0.4, 0.5) is 0 Å². The molecule has 1 aliphatic carbocycles. The Morgan fingerprint density at radius 3 is 2.05 bits per heavy atom. The number of benzene rings is 3. The first-order valence-electron chi connectivity index (χ1n) is 19.7. The predicted octanol–water partition coefficient (Wildman–Crippen LogP) is 7.66. The SMILES string of the molecule is COc1ccccc1[C@H](Cn1c(=O)n(C(C)(C)C(=O)O)c(=O)c2c(C)c(-c3ncco3)sc21)OC1CCC(O[Si](c2ccccc2)(c2ccccc2)C(C)(C)C)CC1. The van der Waals surface area contributed by atoms with Crippen LogP contribution in [-0.2, 0) is 26.0 Å². The number of nitrogens with zero attached hydrogens (tertiary/aromatic N) is 3. The van der Waals surface area contributed by atoms with Crippen molar-refractivity contribution >= 4 is 46.2 Å². The molecule has 0 bridgehead atoms. The minimum absolute atomic E-state index is 0.00245. The third-order valence-electron chi connectivity index (χ3n) is 11.5. The summed E-state index contributed by atoms with van der Waals surface area (Å²) in [4.78, 5) is 46.6. The predicted molar refractivity (Wildman–Crippen MR) is 229 cm³/mol. The van der Waals surface area contributed by atoms with Crippen molar-refractivity contribution in [1.29, 1.82) is 0 Å². The standard InChI is InChI=1S/C45H51N3O8SSi/c1-29-37-40(49)48(45(5,6)42(50)51)43(52)47(41(37)57-38(29)39-46-26-27-54-39)28-36(34-20-14-15-21-35(34)53-7)55-30-22-24-31(25-23-30)56-58(44(2,3)4,32-16-10-8-11-17-32)33-18-12-9-13-19-33/h8-21,26-27,30-31,36H,22-25,28H2,1-7H3,(H,50,51)/t30?,31?,36-/m0/s1. The number of methoxy groups -OCH3 is 1. The normalized spacial score (nSPS) is 17.0. The molecule has 1 atom stereocenters. The quantitative estimate of drug-likeness (QED) is 0.117. The van der Waals surface area contributed by atoms with Crippen LogP contribution >= 0.6 is 11.3 Å². The number of carbonyl (C=O) groups is 1. The summed E-state index contributed by atoms with van der Waals surface area (Å²) < 4.78 is 28.3. The lowest BCUT2D eigenvalue weighted by Gasteiger charge is -2.46. The molecule has 1 saturated carbocycles. The maximum Gasteiger partial charge on any atom is 0.333 e. The van der Waals surface area contributed by atoms with Crippen molar-refractivity contribution in [3.63, 3.8) is 0 Å². The minimum atomic E-state index is -2.77. The summed E-state index contributed by atoms with van der Waals surface area (Å²) in [6.45, 7) is 11.3. The van der Waals surface area contributed by atoms with Gasteiger partial charge in [-0.05, 0) is 73.5 Å². The first-order chi connectivity index (χ1) is 27.7. The average molecular weight is 822 g/mol. The van der Waals surface area contributed by atoms with E-state index in [4.69, 9.17) is 18.3 Å². The van der Waals surface area contributed by atoms with Crippen molar-refractivity contribution in [1.82, 2.24) is 14.1 Å². The molecule has 13 heteroatoms. The summed E-state index contributed by atoms with van der Waals surface area (Å²) >= 11 is 1.21. The van der Waals surface area contributed by atoms with Crippen LogP contribution in [0.25, 0.3) is 21.0 Å². The highest BCUT2D eigenvalue weighted by Gasteiger charge is 2.51. The number of oxazole rings is 1. The molecule has 0 saturated heterocycles. The Hall–Kier alpha value is -5.08. The number of para-hydroxylation sites is 1. The Labute approximate surface area is 343 Å². The fourth-order valence-corrected chi connectivity index (χ4v) is 14.4. The number of thiophene rings is 1. The summed E-state index contributed by atoms with van der Waals surface area (Å²) in [5.41, 5.74) is -2.02. The van der Waals surface area contributed by atoms with Gasteiger partial charge in [0, 0.05) is 11.7 Å². The van der Waals surface area contributed by atoms with E-state index in [1.807, 2.05) is 36.4 Å². The highest BCUT2D eigenvalue weighted by molar-refractivity contribution is 7.22. The van der Waals surface area contributed by atoms with E-state index in [-0.39, 0.29) is 29.2 Å². The molecular weight excluding hydrogens is 771 g/mol. The number of aliphatic carboxylic acids is 1. The molecule has 11 nitrogen and oxygen atoms in total. The molecule has 304 valence electrons. The zero-order valence-electron chi connectivity index (χ0n) is 34.1. The van der Waals surface area contributed by atoms with Crippen LogP contribution in [0.5, 0.6) is 5.75 Å². The Morgan fingerprint density at radius 1 is 0.914 bits per heavy atom. The summed E-state index contributed by atoms with van der Waals surface area (Å²) in [7, 11) is -1.18. The fraction of sp³-hybridized carbons (Fsp3) is 0.378. The second-order valence-corrected chi connectivity index (χ2v) is 21.8. The van der Waals surface area contributed by atoms with E-state index >= 15 is 0 Å². The maximum atomic E-state index is 14.6. The number of ether oxygens (including phenoxy) is 2. The van der Waals surface area contributed by atoms with Crippen molar-refractivity contribution < 1.29 is 28.2 Å². The molecule has 1 fully saturated rings. The van der Waals surface area contributed by atoms with Gasteiger partial charge in [0.25, 0.3) is 13.9 Å². The summed E-state index contributed by atoms with van der Waals surface area (Å²) in [6, 6.07) is 28.8. The first kappa shape index (κ1) is 41.1. The molecule has 3 aromatic carbocycles. The molecule has 0 radical (unpaired) electrons. The lowest BCUT2D eigenvalue weighted by molar-refractivity contribution is -0.146. The monoisotopic (exact) mass is 821 g/mol. The average Bonchev–Trinajstić information content (AvgIpc) is 3.87. The van der Waals surface area contributed by atoms with Crippen molar-refractivity contribution in [2.45, 2.75) is 103 Å². The fourth-order valence-electron chi connectivity index (χ4n) is 8.41. The molecule has 6 aromatic rings. The number of aromatic nitrogens is 3. The van der Waals surface area contributed by atoms with E-state index in [1.54, 1.807) is 14.0 Å². The van der Waals surface area contributed by atoms with Gasteiger partial charge in [-0.1, -0.05) is 99.6 Å². The van der Waals surface area contributed by atoms with Gasteiger partial charge in [0.2, 0.25) is 5.89 Å². The van der Waals surface area contributed by atoms with Crippen LogP contribution < -0.4 is 26.4 Å². The molecule has 7 rings (SSSR count). The number of fused-ring (bicyclic) bond motifs is 1. The minimum Gasteiger partial charge on any atom is -0.496 e. The zero-order chi connectivity index (χ0) is 41.4. The topological polar surface area (TPSA) is 135 Å². The Bertz CT molecular complexity index is 2460. The zero-order valence-corrected chi connectivity index (χ0v) is 35.9. The Balaban J connectivity index is 1.25. The molecule has 3 aromatic heterocycles. The molecule has 0 unspecified atom stereocenters. The molecular formula is C45H51N3O8SSi. The Morgan fingerprint density at radius 2 is 1.50 bits per heavy atom. The van der Waals surface area contributed by atoms with Crippen LogP contribution in [-0.4, -0.2) is 52.8 Å². The summed E-state index contributed by atoms with van der Waals surface area (Å²) in [6.07, 6.45) is 5.06. The number of hydrogen-bond acceptors (Lipinski definition) is 9. The molecule has 0 spiro atoms. The van der Waals surface area contributed by atoms with E-state index in [2.05, 4.69) is 74.3 Å². The van der Waals surface area contributed by atoms with Crippen LogP contribution in [0.3, 0.4) is 0 Å². The van der Waals surface area contributed by atoms with Crippen LogP contribution in [0.1, 0.15) is 77.5 Å². The maximum absolute atomic E-state index is 14.6. The largest absolute Gasteiger partial charge is 0.496 e. The van der Waals surface area contributed by atoms with Gasteiger partial charge in [0.1, 0.15) is 28.5 Å². The molecule has 3 heterocycles. The van der Waals surface area contributed by atoms with Gasteiger partial charge in [0.05, 0.1) is 36.2 Å². The molecule has 58 heavy (non-hydrogen) atoms. The molecule has 1 N–H and O–H groups in total. The molecule has 1 aliphatic rings. The highest BCUT2D eigenvalue weighted by atomic mass is 32.1. The number of rotatable bonds is 13. The number of carboxylic acid groups (broad SMARTS) is 1. The second-order valence-electron chi connectivity index (χ2n) is 16.5. The number of aryl methyl sites for hydroxylation is 1. The van der Waals surface area contributed by atoms with Gasteiger partial charge >= 0.3 is 11.7 Å². The highest BCUT2D eigenvalue weighted by Crippen LogP contribution is 2.41. The van der Waals surface area contributed by atoms with Crippen LogP contribution in [0.2, 0.25) is 5.04 Å². The van der Waals surface area contributed by atoms with Gasteiger partial charge in [-0.15, -0.1) is 11.3 Å². The Kier molecular flexibility index (Phi) is 11.5. The van der Waals surface area contributed by atoms with Crippen molar-refractivity contribution in [2.24, 2.45) is 0 Å². The van der Waals surface area contributed by atoms with Gasteiger partial charge < -0.3 is 23.4 Å². The van der Waals surface area contributed by atoms with Crippen molar-refractivity contribution in [3.05, 3.63) is 129 Å². The summed E-state index contributed by atoms with van der Waals surface area (Å²) in [5.74, 6) is -0.425. The third kappa shape index (κ3) is 7.40. The lowest BCUT2D eigenvalue weighted by Crippen LogP contribution is -2.67. The molecule has 0 amide bonds. The number of hydrogen-bond donors (Lipinski definition) is 1. The second kappa shape index (κ2) is 16.3. The van der Waals surface area contributed by atoms with Gasteiger partial charge in [-0.3, -0.25) is 9.36 Å². The van der Waals surface area contributed by atoms with E-state index in [0.717, 1.165) is 35.8 Å². The van der Waals surface area contributed by atoms with E-state index in [0.29, 0.717) is 26.9 Å². The van der Waals surface area contributed by atoms with Crippen LogP contribution in [0.15, 0.2) is 111 Å². The van der Waals surface area contributed by atoms with E-state index < -0.39 is 37.2 Å². The number of carboxylic acids is 1. The van der Waals surface area contributed by atoms with Gasteiger partial charge in [0.15, 0.2) is 0 Å². The summed E-state index contributed by atoms with van der Waals surface area (Å²) in [5, 5.41) is 12.8. The van der Waals surface area contributed by atoms with Gasteiger partial charge in [-0.25, -0.2) is 19.1 Å². The third-order valence-corrected chi connectivity index (χ3v) is 17.9. The first-order valence-corrected chi connectivity index (χ1v) is 22.4.